The van der Waals surface area contributed by atoms with Crippen LogP contribution in [-0.2, 0) is 19.1 Å². The van der Waals surface area contributed by atoms with Gasteiger partial charge in [-0.3, -0.25) is 19.2 Å². The van der Waals surface area contributed by atoms with Crippen LogP contribution in [-0.4, -0.2) is 88.8 Å². The molecular weight excluding hydrogens is 813 g/mol. The zero-order valence-electron chi connectivity index (χ0n) is 44.1. The second-order valence-corrected chi connectivity index (χ2v) is 18.9. The Bertz CT molecular complexity index is 1160. The van der Waals surface area contributed by atoms with Gasteiger partial charge in [-0.2, -0.15) is 0 Å². The minimum atomic E-state index is -0.385. The summed E-state index contributed by atoms with van der Waals surface area (Å²) in [5.74, 6) is 0. The molecule has 0 aliphatic heterocycles. The van der Waals surface area contributed by atoms with Gasteiger partial charge in [-0.05, 0) is 85.1 Å². The molecule has 0 spiro atoms. The van der Waals surface area contributed by atoms with Crippen LogP contribution in [0.15, 0.2) is 9.59 Å². The summed E-state index contributed by atoms with van der Waals surface area (Å²) in [6, 6.07) is 0. The number of carbonyl (C=O) groups excluding carboxylic acids is 2. The standard InChI is InChI=1S/C27H52N4O2.C18H36O2.C10H20O2/c1-5-7-9-11-13-15-20-31(21-16-14-12-10-8-6-2)22-17-18-28-24-25(27(33)26(24)32)29-19-23-30(3)4;1-3-5-7-9-11-13-15-18(20-17-19)16-14-12-10-8-6-4-2;1-2-3-4-5-6-7-8-9-12-10-11/h28-29H,5-23H2,1-4H3;17-18H,3-16H2,1-2H3;10H,2-9H2,1H3. The van der Waals surface area contributed by atoms with E-state index in [1.165, 1.54) is 206 Å². The number of carbonyl (C=O) groups is 2. The van der Waals surface area contributed by atoms with Gasteiger partial charge in [0, 0.05) is 19.6 Å². The maximum atomic E-state index is 12.0. The van der Waals surface area contributed by atoms with E-state index >= 15 is 0 Å². The van der Waals surface area contributed by atoms with Gasteiger partial charge in [-0.1, -0.05) is 202 Å². The number of likely N-dealkylation sites (N-methyl/N-ethyl adjacent to an activating group) is 1. The van der Waals surface area contributed by atoms with Gasteiger partial charge in [-0.25, -0.2) is 0 Å². The Hall–Kier alpha value is -2.46. The van der Waals surface area contributed by atoms with Crippen molar-refractivity contribution in [1.29, 1.82) is 0 Å². The van der Waals surface area contributed by atoms with E-state index in [4.69, 9.17) is 4.74 Å². The maximum Gasteiger partial charge on any atom is 0.293 e. The number of nitrogens with zero attached hydrogens (tertiary/aromatic N) is 2. The third-order valence-corrected chi connectivity index (χ3v) is 12.3. The van der Waals surface area contributed by atoms with Crippen LogP contribution in [0.2, 0.25) is 0 Å². The van der Waals surface area contributed by atoms with E-state index in [9.17, 15) is 19.2 Å². The van der Waals surface area contributed by atoms with Gasteiger partial charge in [0.15, 0.2) is 0 Å². The number of hydrogen-bond acceptors (Lipinski definition) is 10. The van der Waals surface area contributed by atoms with Gasteiger partial charge in [0.1, 0.15) is 17.5 Å². The van der Waals surface area contributed by atoms with E-state index in [0.29, 0.717) is 37.5 Å². The fourth-order valence-electron chi connectivity index (χ4n) is 8.07. The molecule has 0 unspecified atom stereocenters. The summed E-state index contributed by atoms with van der Waals surface area (Å²) in [6.45, 7) is 18.6. The van der Waals surface area contributed by atoms with Crippen LogP contribution in [0.1, 0.15) is 253 Å². The number of unbranched alkanes of at least 4 members (excludes halogenated alkanes) is 26. The summed E-state index contributed by atoms with van der Waals surface area (Å²) >= 11 is 0. The Kier molecular flexibility index (Phi) is 52.2. The lowest BCUT2D eigenvalue weighted by Crippen LogP contribution is -2.39. The fourth-order valence-corrected chi connectivity index (χ4v) is 8.07. The highest BCUT2D eigenvalue weighted by molar-refractivity contribution is 5.73. The van der Waals surface area contributed by atoms with E-state index in [0.717, 1.165) is 45.3 Å². The fraction of sp³-hybridized carbons (Fsp3) is 0.891. The lowest BCUT2D eigenvalue weighted by Gasteiger charge is -2.23. The molecule has 0 aliphatic rings. The first kappa shape index (κ1) is 64.6. The first-order valence-corrected chi connectivity index (χ1v) is 27.6. The van der Waals surface area contributed by atoms with Crippen LogP contribution in [0.3, 0.4) is 0 Å². The molecule has 0 heterocycles. The largest absolute Gasteiger partial charge is 0.468 e. The summed E-state index contributed by atoms with van der Waals surface area (Å²) in [5.41, 5.74) is 0.192. The Balaban J connectivity index is 0. The SMILES string of the molecule is CCCCCCCCC(CCCCCCCC)OC=O.CCCCCCCCCOC=O.CCCCCCCCN(CCCCCCCC)CCCNc1c(NCCN(C)C)c(=O)c1=O. The quantitative estimate of drug-likeness (QED) is 0.0372. The molecule has 0 saturated heterocycles. The molecule has 1 aromatic carbocycles. The average molecular weight is 921 g/mol. The van der Waals surface area contributed by atoms with E-state index in [1.807, 2.05) is 19.0 Å². The second kappa shape index (κ2) is 52.5. The van der Waals surface area contributed by atoms with Crippen molar-refractivity contribution in [2.24, 2.45) is 0 Å². The lowest BCUT2D eigenvalue weighted by molar-refractivity contribution is -0.134. The second-order valence-electron chi connectivity index (χ2n) is 18.9. The van der Waals surface area contributed by atoms with Crippen molar-refractivity contribution < 1.29 is 19.1 Å². The Morgan fingerprint density at radius 2 is 0.785 bits per heavy atom. The molecule has 10 heteroatoms. The normalized spacial score (nSPS) is 11.1. The van der Waals surface area contributed by atoms with E-state index < -0.39 is 0 Å². The first-order valence-electron chi connectivity index (χ1n) is 27.6. The molecule has 0 aromatic heterocycles. The van der Waals surface area contributed by atoms with Gasteiger partial charge in [-0.15, -0.1) is 0 Å². The number of hydrogen-bond donors (Lipinski definition) is 2. The predicted molar refractivity (Wildman–Crippen MR) is 282 cm³/mol. The van der Waals surface area contributed by atoms with Gasteiger partial charge in [0.05, 0.1) is 6.61 Å². The molecule has 1 rings (SSSR count). The molecule has 0 atom stereocenters. The van der Waals surface area contributed by atoms with Crippen LogP contribution in [0.25, 0.3) is 0 Å². The molecule has 0 radical (unpaired) electrons. The Morgan fingerprint density at radius 3 is 1.17 bits per heavy atom. The predicted octanol–water partition coefficient (Wildman–Crippen LogP) is 14.0. The van der Waals surface area contributed by atoms with Crippen molar-refractivity contribution in [1.82, 2.24) is 9.80 Å². The Labute approximate surface area is 402 Å². The number of nitrogens with one attached hydrogen (secondary N) is 2. The highest BCUT2D eigenvalue weighted by Crippen LogP contribution is 2.17. The van der Waals surface area contributed by atoms with Crippen LogP contribution < -0.4 is 21.5 Å². The zero-order chi connectivity index (χ0) is 48.3. The van der Waals surface area contributed by atoms with Crippen molar-refractivity contribution in [2.75, 3.05) is 70.6 Å². The van der Waals surface area contributed by atoms with Gasteiger partial charge < -0.3 is 29.9 Å². The van der Waals surface area contributed by atoms with Crippen LogP contribution in [0.5, 0.6) is 0 Å². The minimum absolute atomic E-state index is 0.171. The van der Waals surface area contributed by atoms with E-state index in [-0.39, 0.29) is 17.0 Å². The molecule has 0 fully saturated rings. The van der Waals surface area contributed by atoms with Crippen molar-refractivity contribution in [2.45, 2.75) is 259 Å². The highest BCUT2D eigenvalue weighted by Gasteiger charge is 2.20. The molecule has 384 valence electrons. The van der Waals surface area contributed by atoms with Crippen LogP contribution in [0.4, 0.5) is 11.4 Å². The van der Waals surface area contributed by atoms with Gasteiger partial charge >= 0.3 is 0 Å². The van der Waals surface area contributed by atoms with Crippen molar-refractivity contribution >= 4 is 24.3 Å². The average Bonchev–Trinajstić information content (AvgIpc) is 3.30. The number of anilines is 2. The number of ether oxygens (including phenoxy) is 2. The highest BCUT2D eigenvalue weighted by atomic mass is 16.5. The monoisotopic (exact) mass is 921 g/mol. The third-order valence-electron chi connectivity index (χ3n) is 12.3. The maximum absolute atomic E-state index is 12.0. The lowest BCUT2D eigenvalue weighted by atomic mass is 10.0. The van der Waals surface area contributed by atoms with Crippen molar-refractivity contribution in [3.63, 3.8) is 0 Å². The molecule has 0 saturated carbocycles. The molecule has 1 aromatic rings. The number of rotatable bonds is 48. The topological polar surface area (TPSA) is 117 Å². The van der Waals surface area contributed by atoms with Gasteiger partial charge in [0.25, 0.3) is 23.8 Å². The summed E-state index contributed by atoms with van der Waals surface area (Å²) in [6.07, 6.45) is 43.7. The van der Waals surface area contributed by atoms with E-state index in [2.05, 4.69) is 54.9 Å². The van der Waals surface area contributed by atoms with Gasteiger partial charge in [0.2, 0.25) is 0 Å². The molecule has 2 N–H and O–H groups in total. The third kappa shape index (κ3) is 43.8. The van der Waals surface area contributed by atoms with Crippen molar-refractivity contribution in [3.05, 3.63) is 20.4 Å². The minimum Gasteiger partial charge on any atom is -0.468 e. The summed E-state index contributed by atoms with van der Waals surface area (Å²) in [5, 5.41) is 6.35. The smallest absolute Gasteiger partial charge is 0.293 e. The first-order chi connectivity index (χ1) is 31.8. The molecule has 65 heavy (non-hydrogen) atoms. The molecule has 0 amide bonds. The van der Waals surface area contributed by atoms with Crippen LogP contribution in [0, 0.1) is 0 Å². The Morgan fingerprint density at radius 1 is 0.431 bits per heavy atom. The van der Waals surface area contributed by atoms with Crippen molar-refractivity contribution in [3.8, 4) is 0 Å². The summed E-state index contributed by atoms with van der Waals surface area (Å²) in [4.78, 5) is 48.8. The molecule has 0 aliphatic carbocycles. The molecular formula is C55H108N4O6. The van der Waals surface area contributed by atoms with E-state index in [1.54, 1.807) is 0 Å². The molecule has 10 nitrogen and oxygen atoms in total. The van der Waals surface area contributed by atoms with Crippen LogP contribution >= 0.6 is 0 Å². The molecule has 0 bridgehead atoms. The zero-order valence-corrected chi connectivity index (χ0v) is 44.1. The summed E-state index contributed by atoms with van der Waals surface area (Å²) < 4.78 is 9.80. The summed E-state index contributed by atoms with van der Waals surface area (Å²) in [7, 11) is 3.98.